The van der Waals surface area contributed by atoms with Crippen LogP contribution >= 0.6 is 35.6 Å². The molecule has 3 aromatic rings. The Morgan fingerprint density at radius 1 is 1.26 bits per heavy atom. The number of oxazole rings is 1. The zero-order valence-corrected chi connectivity index (χ0v) is 20.6. The Kier molecular flexibility index (Phi) is 8.14. The molecule has 2 N–H and O–H groups in total. The number of benzene rings is 1. The molecule has 0 aliphatic carbocycles. The Bertz CT molecular complexity index is 1020. The molecule has 3 heterocycles. The van der Waals surface area contributed by atoms with Crippen molar-refractivity contribution in [2.24, 2.45) is 4.99 Å². The molecule has 2 aromatic heterocycles. The number of guanidine groups is 1. The monoisotopic (exact) mass is 552 g/mol. The van der Waals surface area contributed by atoms with Crippen molar-refractivity contribution in [2.45, 2.75) is 25.9 Å². The van der Waals surface area contributed by atoms with Gasteiger partial charge in [0.2, 0.25) is 5.89 Å². The Morgan fingerprint density at radius 2 is 2.06 bits per heavy atom. The van der Waals surface area contributed by atoms with Crippen molar-refractivity contribution in [1.82, 2.24) is 20.6 Å². The molecule has 0 spiro atoms. The van der Waals surface area contributed by atoms with Gasteiger partial charge in [-0.25, -0.2) is 9.97 Å². The molecular formula is C22H26ClIN6O. The van der Waals surface area contributed by atoms with Crippen LogP contribution < -0.4 is 15.5 Å². The Balaban J connectivity index is 0.00000272. The lowest BCUT2D eigenvalue weighted by atomic mass is 10.1. The van der Waals surface area contributed by atoms with Crippen molar-refractivity contribution in [1.29, 1.82) is 0 Å². The van der Waals surface area contributed by atoms with Crippen molar-refractivity contribution >= 4 is 47.4 Å². The normalized spacial score (nSPS) is 16.2. The highest BCUT2D eigenvalue weighted by atomic mass is 127. The van der Waals surface area contributed by atoms with Crippen LogP contribution in [-0.4, -0.2) is 42.1 Å². The first kappa shape index (κ1) is 23.3. The molecule has 1 aromatic carbocycles. The SMILES string of the molecule is CN=C(NCc1ncc(-c2ccc(C)cc2)o1)NC1CCN(c2ncccc2Cl)C1.I. The molecule has 0 bridgehead atoms. The van der Waals surface area contributed by atoms with E-state index in [4.69, 9.17) is 16.0 Å². The number of aliphatic imine (C=N–C) groups is 1. The van der Waals surface area contributed by atoms with E-state index in [1.54, 1.807) is 19.4 Å². The van der Waals surface area contributed by atoms with Gasteiger partial charge in [-0.05, 0) is 25.5 Å². The summed E-state index contributed by atoms with van der Waals surface area (Å²) in [6, 6.07) is 12.2. The molecule has 0 saturated carbocycles. The van der Waals surface area contributed by atoms with E-state index in [0.29, 0.717) is 23.4 Å². The number of hydrogen-bond acceptors (Lipinski definition) is 5. The molecule has 1 fully saturated rings. The fourth-order valence-corrected chi connectivity index (χ4v) is 3.71. The summed E-state index contributed by atoms with van der Waals surface area (Å²) in [5.74, 6) is 2.91. The van der Waals surface area contributed by atoms with Gasteiger partial charge < -0.3 is 20.0 Å². The van der Waals surface area contributed by atoms with E-state index in [0.717, 1.165) is 36.7 Å². The van der Waals surface area contributed by atoms with Crippen molar-refractivity contribution < 1.29 is 4.42 Å². The summed E-state index contributed by atoms with van der Waals surface area (Å²) in [7, 11) is 1.75. The zero-order valence-electron chi connectivity index (χ0n) is 17.5. The lowest BCUT2D eigenvalue weighted by Crippen LogP contribution is -2.44. The number of pyridine rings is 1. The Hall–Kier alpha value is -2.33. The number of anilines is 1. The summed E-state index contributed by atoms with van der Waals surface area (Å²) in [6.45, 7) is 4.22. The third kappa shape index (κ3) is 5.88. The minimum Gasteiger partial charge on any atom is -0.439 e. The van der Waals surface area contributed by atoms with E-state index >= 15 is 0 Å². The molecule has 9 heteroatoms. The summed E-state index contributed by atoms with van der Waals surface area (Å²) in [6.07, 6.45) is 4.50. The van der Waals surface area contributed by atoms with Gasteiger partial charge in [0.25, 0.3) is 0 Å². The maximum absolute atomic E-state index is 6.28. The van der Waals surface area contributed by atoms with Crippen molar-refractivity contribution in [3.05, 3.63) is 65.3 Å². The molecule has 7 nitrogen and oxygen atoms in total. The summed E-state index contributed by atoms with van der Waals surface area (Å²) in [4.78, 5) is 15.3. The van der Waals surface area contributed by atoms with Crippen molar-refractivity contribution in [2.75, 3.05) is 25.0 Å². The second-order valence-corrected chi connectivity index (χ2v) is 7.70. The molecular weight excluding hydrogens is 527 g/mol. The number of aryl methyl sites for hydroxylation is 1. The highest BCUT2D eigenvalue weighted by Crippen LogP contribution is 2.25. The van der Waals surface area contributed by atoms with Crippen LogP contribution in [0.4, 0.5) is 5.82 Å². The van der Waals surface area contributed by atoms with Crippen LogP contribution in [0.5, 0.6) is 0 Å². The second-order valence-electron chi connectivity index (χ2n) is 7.29. The van der Waals surface area contributed by atoms with Crippen LogP contribution in [0.15, 0.2) is 58.2 Å². The summed E-state index contributed by atoms with van der Waals surface area (Å²) < 4.78 is 5.87. The van der Waals surface area contributed by atoms with Crippen LogP contribution in [0.25, 0.3) is 11.3 Å². The second kappa shape index (κ2) is 10.8. The smallest absolute Gasteiger partial charge is 0.214 e. The number of aromatic nitrogens is 2. The van der Waals surface area contributed by atoms with E-state index in [1.165, 1.54) is 5.56 Å². The first-order valence-electron chi connectivity index (χ1n) is 9.97. The molecule has 1 atom stereocenters. The minimum absolute atomic E-state index is 0. The van der Waals surface area contributed by atoms with E-state index in [1.807, 2.05) is 24.3 Å². The summed E-state index contributed by atoms with van der Waals surface area (Å²) in [5.41, 5.74) is 2.23. The van der Waals surface area contributed by atoms with Crippen molar-refractivity contribution in [3.63, 3.8) is 0 Å². The average molecular weight is 553 g/mol. The van der Waals surface area contributed by atoms with Crippen molar-refractivity contribution in [3.8, 4) is 11.3 Å². The maximum Gasteiger partial charge on any atom is 0.214 e. The van der Waals surface area contributed by atoms with E-state index < -0.39 is 0 Å². The molecule has 1 aliphatic heterocycles. The maximum atomic E-state index is 6.28. The van der Waals surface area contributed by atoms with Crippen LogP contribution in [-0.2, 0) is 6.54 Å². The van der Waals surface area contributed by atoms with Crippen LogP contribution in [0.3, 0.4) is 0 Å². The lowest BCUT2D eigenvalue weighted by molar-refractivity contribution is 0.496. The first-order valence-corrected chi connectivity index (χ1v) is 10.3. The number of hydrogen-bond donors (Lipinski definition) is 2. The molecule has 31 heavy (non-hydrogen) atoms. The van der Waals surface area contributed by atoms with Gasteiger partial charge in [0.1, 0.15) is 5.82 Å². The third-order valence-corrected chi connectivity index (χ3v) is 5.38. The fraction of sp³-hybridized carbons (Fsp3) is 0.318. The number of rotatable bonds is 5. The zero-order chi connectivity index (χ0) is 20.9. The highest BCUT2D eigenvalue weighted by molar-refractivity contribution is 14.0. The van der Waals surface area contributed by atoms with Gasteiger partial charge in [0, 0.05) is 37.9 Å². The fourth-order valence-electron chi connectivity index (χ4n) is 3.47. The Morgan fingerprint density at radius 3 is 2.81 bits per heavy atom. The van der Waals surface area contributed by atoms with Crippen LogP contribution in [0, 0.1) is 6.92 Å². The van der Waals surface area contributed by atoms with E-state index in [-0.39, 0.29) is 30.0 Å². The van der Waals surface area contributed by atoms with E-state index in [9.17, 15) is 0 Å². The summed E-state index contributed by atoms with van der Waals surface area (Å²) in [5, 5.41) is 7.41. The molecule has 164 valence electrons. The predicted molar refractivity (Wildman–Crippen MR) is 135 cm³/mol. The average Bonchev–Trinajstić information content (AvgIpc) is 3.42. The third-order valence-electron chi connectivity index (χ3n) is 5.09. The summed E-state index contributed by atoms with van der Waals surface area (Å²) >= 11 is 6.28. The molecule has 1 saturated heterocycles. The molecule has 0 radical (unpaired) electrons. The number of nitrogens with zero attached hydrogens (tertiary/aromatic N) is 4. The van der Waals surface area contributed by atoms with Gasteiger partial charge >= 0.3 is 0 Å². The first-order chi connectivity index (χ1) is 14.6. The molecule has 1 unspecified atom stereocenters. The number of nitrogens with one attached hydrogen (secondary N) is 2. The topological polar surface area (TPSA) is 78.6 Å². The molecule has 4 rings (SSSR count). The Labute approximate surface area is 204 Å². The van der Waals surface area contributed by atoms with Gasteiger partial charge in [-0.15, -0.1) is 24.0 Å². The quantitative estimate of drug-likeness (QED) is 0.280. The molecule has 0 amide bonds. The van der Waals surface area contributed by atoms with Crippen LogP contribution in [0.1, 0.15) is 17.9 Å². The van der Waals surface area contributed by atoms with Gasteiger partial charge in [0.15, 0.2) is 11.7 Å². The highest BCUT2D eigenvalue weighted by Gasteiger charge is 2.25. The van der Waals surface area contributed by atoms with Gasteiger partial charge in [-0.3, -0.25) is 4.99 Å². The largest absolute Gasteiger partial charge is 0.439 e. The lowest BCUT2D eigenvalue weighted by Gasteiger charge is -2.20. The minimum atomic E-state index is 0. The van der Waals surface area contributed by atoms with Gasteiger partial charge in [-0.1, -0.05) is 41.4 Å². The van der Waals surface area contributed by atoms with E-state index in [2.05, 4.69) is 49.6 Å². The predicted octanol–water partition coefficient (Wildman–Crippen LogP) is 4.26. The van der Waals surface area contributed by atoms with Crippen LogP contribution in [0.2, 0.25) is 5.02 Å². The number of halogens is 2. The van der Waals surface area contributed by atoms with Gasteiger partial charge in [-0.2, -0.15) is 0 Å². The standard InChI is InChI=1S/C22H25ClN6O.HI/c1-15-5-7-16(8-6-15)19-12-26-20(30-19)13-27-22(24-2)28-17-9-11-29(14-17)21-18(23)4-3-10-25-21;/h3-8,10,12,17H,9,11,13-14H2,1-2H3,(H2,24,27,28);1H. The molecule has 1 aliphatic rings. The van der Waals surface area contributed by atoms with Gasteiger partial charge in [0.05, 0.1) is 17.8 Å².